The molecule has 0 aromatic carbocycles. The topological polar surface area (TPSA) is 69.4 Å². The predicted molar refractivity (Wildman–Crippen MR) is 99.3 cm³/mol. The van der Waals surface area contributed by atoms with Gasteiger partial charge in [-0.3, -0.25) is 0 Å². The van der Waals surface area contributed by atoms with Crippen molar-refractivity contribution < 1.29 is 14.6 Å². The van der Waals surface area contributed by atoms with Crippen LogP contribution < -0.4 is 0 Å². The maximum absolute atomic E-state index is 11.3. The molecular weight excluding hydrogens is 366 g/mol. The minimum atomic E-state index is -0.649. The first-order valence-electron chi connectivity index (χ1n) is 9.83. The number of halogens is 1. The third-order valence-corrected chi connectivity index (χ3v) is 7.85. The number of aliphatic hydroxyl groups excluding tert-OH is 1. The Balaban J connectivity index is 1.52. The van der Waals surface area contributed by atoms with Crippen molar-refractivity contribution in [2.24, 2.45) is 17.3 Å². The second kappa shape index (κ2) is 4.85. The normalized spacial score (nSPS) is 42.9. The summed E-state index contributed by atoms with van der Waals surface area (Å²) >= 11 is 6.28. The zero-order valence-corrected chi connectivity index (χ0v) is 16.5. The van der Waals surface area contributed by atoms with Gasteiger partial charge in [-0.05, 0) is 51.0 Å². The van der Waals surface area contributed by atoms with E-state index in [2.05, 4.69) is 21.5 Å². The van der Waals surface area contributed by atoms with Crippen LogP contribution in [0.25, 0.3) is 11.0 Å². The van der Waals surface area contributed by atoms with Gasteiger partial charge in [0.2, 0.25) is 0 Å². The highest BCUT2D eigenvalue weighted by atomic mass is 35.5. The van der Waals surface area contributed by atoms with E-state index in [4.69, 9.17) is 21.1 Å². The molecule has 0 radical (unpaired) electrons. The minimum absolute atomic E-state index is 0.0427. The fourth-order valence-electron chi connectivity index (χ4n) is 6.51. The first-order chi connectivity index (χ1) is 12.8. The Morgan fingerprint density at radius 2 is 2.11 bits per heavy atom. The molecule has 7 heteroatoms. The molecule has 1 spiro atoms. The van der Waals surface area contributed by atoms with Crippen molar-refractivity contribution in [2.75, 3.05) is 0 Å². The lowest BCUT2D eigenvalue weighted by atomic mass is 9.58. The number of fused-ring (bicyclic) bond motifs is 2. The highest BCUT2D eigenvalue weighted by Crippen LogP contribution is 2.77. The molecule has 7 rings (SSSR count). The van der Waals surface area contributed by atoms with Crippen LogP contribution in [0.15, 0.2) is 18.6 Å². The molecule has 1 saturated heterocycles. The zero-order valence-electron chi connectivity index (χ0n) is 15.7. The lowest BCUT2D eigenvalue weighted by Gasteiger charge is -2.52. The SMILES string of the molecule is C[C@@H]1[C@@H](n2ccc3c(Cl)ncnc32)[C@]23C[C@@]1(C(O)C1CC1)[C@H]2OC(C)(C)O3. The molecule has 5 aliphatic rings. The average molecular weight is 390 g/mol. The summed E-state index contributed by atoms with van der Waals surface area (Å²) < 4.78 is 15.1. The van der Waals surface area contributed by atoms with E-state index in [1.807, 2.05) is 26.1 Å². The second-order valence-electron chi connectivity index (χ2n) is 9.38. The largest absolute Gasteiger partial charge is 0.392 e. The van der Waals surface area contributed by atoms with Gasteiger partial charge in [0, 0.05) is 11.6 Å². The highest BCUT2D eigenvalue weighted by molar-refractivity contribution is 6.33. The summed E-state index contributed by atoms with van der Waals surface area (Å²) in [5.41, 5.74) is 0.131. The molecule has 2 aromatic heterocycles. The molecule has 27 heavy (non-hydrogen) atoms. The van der Waals surface area contributed by atoms with Gasteiger partial charge in [-0.1, -0.05) is 18.5 Å². The number of nitrogens with zero attached hydrogens (tertiary/aromatic N) is 3. The molecule has 6 nitrogen and oxygen atoms in total. The molecule has 4 aliphatic carbocycles. The number of aromatic nitrogens is 3. The molecule has 5 fully saturated rings. The van der Waals surface area contributed by atoms with Gasteiger partial charge < -0.3 is 19.1 Å². The van der Waals surface area contributed by atoms with E-state index in [9.17, 15) is 5.11 Å². The van der Waals surface area contributed by atoms with Crippen LogP contribution in [0.3, 0.4) is 0 Å². The van der Waals surface area contributed by atoms with Crippen molar-refractivity contribution in [2.45, 2.75) is 69.7 Å². The van der Waals surface area contributed by atoms with Crippen LogP contribution in [0.2, 0.25) is 5.15 Å². The highest BCUT2D eigenvalue weighted by Gasteiger charge is 2.85. The minimum Gasteiger partial charge on any atom is -0.392 e. The second-order valence-corrected chi connectivity index (χ2v) is 9.74. The van der Waals surface area contributed by atoms with Gasteiger partial charge >= 0.3 is 0 Å². The van der Waals surface area contributed by atoms with E-state index in [1.165, 1.54) is 6.33 Å². The summed E-state index contributed by atoms with van der Waals surface area (Å²) in [4.78, 5) is 8.61. The summed E-state index contributed by atoms with van der Waals surface area (Å²) in [5.74, 6) is -0.0443. The number of hydrogen-bond donors (Lipinski definition) is 1. The van der Waals surface area contributed by atoms with Gasteiger partial charge in [-0.15, -0.1) is 0 Å². The van der Waals surface area contributed by atoms with Crippen LogP contribution in [0.1, 0.15) is 46.1 Å². The number of hydrogen-bond acceptors (Lipinski definition) is 5. The summed E-state index contributed by atoms with van der Waals surface area (Å²) in [7, 11) is 0. The molecule has 1 N–H and O–H groups in total. The first-order valence-corrected chi connectivity index (χ1v) is 10.2. The van der Waals surface area contributed by atoms with E-state index in [0.29, 0.717) is 11.1 Å². The Morgan fingerprint density at radius 3 is 2.85 bits per heavy atom. The Hall–Kier alpha value is -1.21. The number of aliphatic hydroxyl groups is 1. The van der Waals surface area contributed by atoms with Gasteiger partial charge in [-0.25, -0.2) is 9.97 Å². The van der Waals surface area contributed by atoms with Crippen LogP contribution in [-0.2, 0) is 9.47 Å². The standard InChI is InChI=1S/C20H24ClN3O3/c1-10-13(24-7-6-12-15(21)22-9-23-16(12)24)20-8-19(10,14(25)11-4-5-11)17(20)26-18(2,3)27-20/h6-7,9-11,13-14,17,25H,4-5,8H2,1-3H3/t10-,13-,14?,17-,19-,20-/m1/s1. The van der Waals surface area contributed by atoms with Crippen molar-refractivity contribution in [3.63, 3.8) is 0 Å². The summed E-state index contributed by atoms with van der Waals surface area (Å²) in [6.45, 7) is 6.18. The molecule has 2 aromatic rings. The van der Waals surface area contributed by atoms with Crippen LogP contribution in [-0.4, -0.2) is 43.2 Å². The van der Waals surface area contributed by atoms with Gasteiger partial charge in [0.25, 0.3) is 0 Å². The molecule has 144 valence electrons. The average Bonchev–Trinajstić information content (AvgIpc) is 3.22. The van der Waals surface area contributed by atoms with E-state index < -0.39 is 11.4 Å². The smallest absolute Gasteiger partial charge is 0.164 e. The molecular formula is C20H24ClN3O3. The molecule has 4 saturated carbocycles. The quantitative estimate of drug-likeness (QED) is 0.815. The third-order valence-electron chi connectivity index (χ3n) is 7.55. The molecule has 1 aliphatic heterocycles. The van der Waals surface area contributed by atoms with Crippen LogP contribution in [0.4, 0.5) is 0 Å². The molecule has 6 atom stereocenters. The maximum atomic E-state index is 11.3. The summed E-state index contributed by atoms with van der Waals surface area (Å²) in [6, 6.07) is 2.01. The van der Waals surface area contributed by atoms with Crippen LogP contribution in [0, 0.1) is 17.3 Å². The Kier molecular flexibility index (Phi) is 3.00. The fourth-order valence-corrected chi connectivity index (χ4v) is 6.70. The predicted octanol–water partition coefficient (Wildman–Crippen LogP) is 3.33. The van der Waals surface area contributed by atoms with Crippen molar-refractivity contribution in [1.82, 2.24) is 14.5 Å². The van der Waals surface area contributed by atoms with Crippen molar-refractivity contribution in [1.29, 1.82) is 0 Å². The Bertz CT molecular complexity index is 957. The van der Waals surface area contributed by atoms with Gasteiger partial charge in [-0.2, -0.15) is 0 Å². The molecule has 2 bridgehead atoms. The maximum Gasteiger partial charge on any atom is 0.164 e. The summed E-state index contributed by atoms with van der Waals surface area (Å²) in [5, 5.41) is 12.6. The zero-order chi connectivity index (χ0) is 18.8. The number of rotatable bonds is 3. The van der Waals surface area contributed by atoms with Crippen LogP contribution >= 0.6 is 11.6 Å². The molecule has 0 amide bonds. The lowest BCUT2D eigenvalue weighted by Crippen LogP contribution is -2.63. The number of ether oxygens (including phenoxy) is 2. The van der Waals surface area contributed by atoms with Crippen LogP contribution in [0.5, 0.6) is 0 Å². The summed E-state index contributed by atoms with van der Waals surface area (Å²) in [6.07, 6.45) is 6.16. The van der Waals surface area contributed by atoms with E-state index in [1.54, 1.807) is 0 Å². The van der Waals surface area contributed by atoms with E-state index in [0.717, 1.165) is 30.3 Å². The third kappa shape index (κ3) is 1.83. The Morgan fingerprint density at radius 1 is 1.33 bits per heavy atom. The van der Waals surface area contributed by atoms with E-state index >= 15 is 0 Å². The van der Waals surface area contributed by atoms with Gasteiger partial charge in [0.05, 0.1) is 17.5 Å². The Labute approximate surface area is 162 Å². The van der Waals surface area contributed by atoms with E-state index in [-0.39, 0.29) is 29.6 Å². The fraction of sp³-hybridized carbons (Fsp3) is 0.700. The first kappa shape index (κ1) is 16.7. The lowest BCUT2D eigenvalue weighted by molar-refractivity contribution is -0.178. The monoisotopic (exact) mass is 389 g/mol. The van der Waals surface area contributed by atoms with Gasteiger partial charge in [0.15, 0.2) is 5.79 Å². The van der Waals surface area contributed by atoms with Crippen molar-refractivity contribution in [3.8, 4) is 0 Å². The molecule has 1 unspecified atom stereocenters. The van der Waals surface area contributed by atoms with Crippen molar-refractivity contribution >= 4 is 22.6 Å². The molecule has 3 heterocycles. The van der Waals surface area contributed by atoms with Crippen molar-refractivity contribution in [3.05, 3.63) is 23.7 Å². The van der Waals surface area contributed by atoms with Gasteiger partial charge in [0.1, 0.15) is 28.8 Å².